The van der Waals surface area contributed by atoms with Gasteiger partial charge >= 0.3 is 0 Å². The molecule has 2 aromatic heterocycles. The van der Waals surface area contributed by atoms with Crippen LogP contribution in [0.25, 0.3) is 11.0 Å². The van der Waals surface area contributed by atoms with E-state index >= 15 is 0 Å². The third-order valence-electron chi connectivity index (χ3n) is 3.20. The maximum atomic E-state index is 5.88. The van der Waals surface area contributed by atoms with Gasteiger partial charge in [0.2, 0.25) is 11.2 Å². The second-order valence-corrected chi connectivity index (χ2v) is 5.12. The number of halogens is 1. The molecule has 108 valence electrons. The van der Waals surface area contributed by atoms with E-state index in [1.54, 1.807) is 6.20 Å². The lowest BCUT2D eigenvalue weighted by molar-refractivity contribution is 0.468. The summed E-state index contributed by atoms with van der Waals surface area (Å²) in [6.45, 7) is 2.19. The first kappa shape index (κ1) is 13.8. The summed E-state index contributed by atoms with van der Waals surface area (Å²) in [5.41, 5.74) is 1.86. The van der Waals surface area contributed by atoms with Crippen molar-refractivity contribution in [2.75, 3.05) is 0 Å². The number of ether oxygens (including phenoxy) is 1. The van der Waals surface area contributed by atoms with E-state index in [-0.39, 0.29) is 5.28 Å². The Morgan fingerprint density at radius 2 is 2.00 bits per heavy atom. The molecular weight excluding hydrogens is 288 g/mol. The van der Waals surface area contributed by atoms with Crippen molar-refractivity contribution in [3.05, 3.63) is 41.3 Å². The maximum Gasteiger partial charge on any atom is 0.234 e. The van der Waals surface area contributed by atoms with Gasteiger partial charge in [-0.3, -0.25) is 5.10 Å². The molecule has 6 heteroatoms. The minimum Gasteiger partial charge on any atom is -0.438 e. The molecule has 21 heavy (non-hydrogen) atoms. The highest BCUT2D eigenvalue weighted by Crippen LogP contribution is 2.27. The lowest BCUT2D eigenvalue weighted by Crippen LogP contribution is -1.92. The molecule has 0 radical (unpaired) electrons. The third-order valence-corrected chi connectivity index (χ3v) is 3.37. The number of hydrogen-bond acceptors (Lipinski definition) is 4. The monoisotopic (exact) mass is 302 g/mol. The van der Waals surface area contributed by atoms with Crippen LogP contribution in [0.1, 0.15) is 25.3 Å². The number of unbranched alkanes of at least 4 members (excludes halogenated alkanes) is 1. The zero-order valence-corrected chi connectivity index (χ0v) is 12.4. The number of nitrogens with one attached hydrogen (secondary N) is 1. The highest BCUT2D eigenvalue weighted by atomic mass is 35.5. The Hall–Kier alpha value is -2.14. The average molecular weight is 303 g/mol. The summed E-state index contributed by atoms with van der Waals surface area (Å²) in [7, 11) is 0. The molecule has 0 aliphatic carbocycles. The second kappa shape index (κ2) is 6.10. The van der Waals surface area contributed by atoms with Crippen LogP contribution in [0.15, 0.2) is 30.5 Å². The largest absolute Gasteiger partial charge is 0.438 e. The number of aromatic amines is 1. The fraction of sp³-hybridized carbons (Fsp3) is 0.267. The molecule has 5 nitrogen and oxygen atoms in total. The van der Waals surface area contributed by atoms with Gasteiger partial charge in [0.05, 0.1) is 6.20 Å². The average Bonchev–Trinajstić information content (AvgIpc) is 2.95. The van der Waals surface area contributed by atoms with Crippen molar-refractivity contribution >= 4 is 22.6 Å². The zero-order chi connectivity index (χ0) is 14.7. The molecule has 0 atom stereocenters. The SMILES string of the molecule is CCCCc1ccc(Oc2nc(Cl)nc3[nH]ncc23)cc1. The summed E-state index contributed by atoms with van der Waals surface area (Å²) in [6.07, 6.45) is 5.09. The molecule has 0 saturated heterocycles. The fourth-order valence-corrected chi connectivity index (χ4v) is 2.24. The van der Waals surface area contributed by atoms with E-state index in [1.807, 2.05) is 12.1 Å². The van der Waals surface area contributed by atoms with Crippen LogP contribution in [0.3, 0.4) is 0 Å². The number of rotatable bonds is 5. The summed E-state index contributed by atoms with van der Waals surface area (Å²) in [5.74, 6) is 1.12. The van der Waals surface area contributed by atoms with Gasteiger partial charge in [-0.05, 0) is 42.1 Å². The van der Waals surface area contributed by atoms with E-state index in [4.69, 9.17) is 16.3 Å². The first-order valence-corrected chi connectivity index (χ1v) is 7.27. The molecule has 3 aromatic rings. The van der Waals surface area contributed by atoms with Crippen molar-refractivity contribution in [2.24, 2.45) is 0 Å². The molecule has 0 unspecified atom stereocenters. The molecule has 0 fully saturated rings. The van der Waals surface area contributed by atoms with Gasteiger partial charge in [-0.15, -0.1) is 0 Å². The smallest absolute Gasteiger partial charge is 0.234 e. The zero-order valence-electron chi connectivity index (χ0n) is 11.6. The van der Waals surface area contributed by atoms with Gasteiger partial charge in [-0.25, -0.2) is 0 Å². The first-order valence-electron chi connectivity index (χ1n) is 6.89. The van der Waals surface area contributed by atoms with Crippen molar-refractivity contribution in [1.82, 2.24) is 20.2 Å². The van der Waals surface area contributed by atoms with Crippen LogP contribution < -0.4 is 4.74 Å². The van der Waals surface area contributed by atoms with E-state index in [1.165, 1.54) is 18.4 Å². The highest BCUT2D eigenvalue weighted by molar-refractivity contribution is 6.28. The Kier molecular flexibility index (Phi) is 4.01. The van der Waals surface area contributed by atoms with E-state index in [0.717, 1.165) is 6.42 Å². The maximum absolute atomic E-state index is 5.88. The molecule has 1 aromatic carbocycles. The molecule has 0 bridgehead atoms. The minimum absolute atomic E-state index is 0.126. The van der Waals surface area contributed by atoms with Gasteiger partial charge in [0.25, 0.3) is 0 Å². The standard InChI is InChI=1S/C15H15ClN4O/c1-2-3-4-10-5-7-11(8-6-10)21-14-12-9-17-20-13(12)18-15(16)19-14/h5-9H,2-4H2,1H3,(H,17,18,19,20). The molecule has 0 amide bonds. The van der Waals surface area contributed by atoms with Crippen LogP contribution in [0.5, 0.6) is 11.6 Å². The van der Waals surface area contributed by atoms with Crippen molar-refractivity contribution in [2.45, 2.75) is 26.2 Å². The van der Waals surface area contributed by atoms with Gasteiger partial charge in [0.1, 0.15) is 11.1 Å². The second-order valence-electron chi connectivity index (χ2n) is 4.78. The summed E-state index contributed by atoms with van der Waals surface area (Å²) >= 11 is 5.88. The number of nitrogens with zero attached hydrogens (tertiary/aromatic N) is 3. The van der Waals surface area contributed by atoms with Gasteiger partial charge in [0, 0.05) is 0 Å². The van der Waals surface area contributed by atoms with Crippen LogP contribution in [-0.4, -0.2) is 20.2 Å². The lowest BCUT2D eigenvalue weighted by atomic mass is 10.1. The molecule has 0 spiro atoms. The predicted molar refractivity (Wildman–Crippen MR) is 81.8 cm³/mol. The third kappa shape index (κ3) is 3.13. The van der Waals surface area contributed by atoms with Gasteiger partial charge in [-0.2, -0.15) is 15.1 Å². The molecule has 0 saturated carbocycles. The number of hydrogen-bond donors (Lipinski definition) is 1. The number of benzene rings is 1. The number of H-pyrrole nitrogens is 1. The molecular formula is C15H15ClN4O. The molecule has 0 aliphatic heterocycles. The number of aryl methyl sites for hydroxylation is 1. The van der Waals surface area contributed by atoms with Crippen LogP contribution in [0.2, 0.25) is 5.28 Å². The minimum atomic E-state index is 0.126. The van der Waals surface area contributed by atoms with E-state index < -0.39 is 0 Å². The van der Waals surface area contributed by atoms with Crippen molar-refractivity contribution < 1.29 is 4.74 Å². The van der Waals surface area contributed by atoms with E-state index in [9.17, 15) is 0 Å². The lowest BCUT2D eigenvalue weighted by Gasteiger charge is -2.07. The quantitative estimate of drug-likeness (QED) is 0.719. The number of aromatic nitrogens is 4. The summed E-state index contributed by atoms with van der Waals surface area (Å²) in [6, 6.07) is 8.01. The Balaban J connectivity index is 1.83. The van der Waals surface area contributed by atoms with E-state index in [2.05, 4.69) is 39.2 Å². The van der Waals surface area contributed by atoms with Gasteiger partial charge in [0.15, 0.2) is 5.65 Å². The highest BCUT2D eigenvalue weighted by Gasteiger charge is 2.10. The Morgan fingerprint density at radius 1 is 1.19 bits per heavy atom. The summed E-state index contributed by atoms with van der Waals surface area (Å²) < 4.78 is 5.79. The summed E-state index contributed by atoms with van der Waals surface area (Å²) in [5, 5.41) is 7.51. The topological polar surface area (TPSA) is 63.7 Å². The number of fused-ring (bicyclic) bond motifs is 1. The fourth-order valence-electron chi connectivity index (χ4n) is 2.08. The van der Waals surface area contributed by atoms with Crippen molar-refractivity contribution in [3.8, 4) is 11.6 Å². The van der Waals surface area contributed by atoms with Crippen molar-refractivity contribution in [1.29, 1.82) is 0 Å². The Bertz CT molecular complexity index is 739. The van der Waals surface area contributed by atoms with Crippen LogP contribution in [0.4, 0.5) is 0 Å². The molecule has 2 heterocycles. The van der Waals surface area contributed by atoms with Crippen LogP contribution in [0, 0.1) is 0 Å². The first-order chi connectivity index (χ1) is 10.3. The Morgan fingerprint density at radius 3 is 2.76 bits per heavy atom. The van der Waals surface area contributed by atoms with Crippen LogP contribution in [-0.2, 0) is 6.42 Å². The predicted octanol–water partition coefficient (Wildman–Crippen LogP) is 4.14. The molecule has 1 N–H and O–H groups in total. The summed E-state index contributed by atoms with van der Waals surface area (Å²) in [4.78, 5) is 8.15. The normalized spacial score (nSPS) is 11.0. The van der Waals surface area contributed by atoms with E-state index in [0.29, 0.717) is 22.7 Å². The van der Waals surface area contributed by atoms with Crippen LogP contribution >= 0.6 is 11.6 Å². The van der Waals surface area contributed by atoms with Crippen molar-refractivity contribution in [3.63, 3.8) is 0 Å². The molecule has 3 rings (SSSR count). The van der Waals surface area contributed by atoms with Gasteiger partial charge < -0.3 is 4.74 Å². The Labute approximate surface area is 127 Å². The molecule has 0 aliphatic rings. The van der Waals surface area contributed by atoms with Gasteiger partial charge in [-0.1, -0.05) is 25.5 Å².